The molecule has 0 saturated heterocycles. The van der Waals surface area contributed by atoms with Crippen molar-refractivity contribution in [3.05, 3.63) is 54.6 Å². The fourth-order valence-corrected chi connectivity index (χ4v) is 2.66. The van der Waals surface area contributed by atoms with Crippen LogP contribution in [-0.2, 0) is 0 Å². The summed E-state index contributed by atoms with van der Waals surface area (Å²) in [5.41, 5.74) is 1.06. The van der Waals surface area contributed by atoms with Crippen molar-refractivity contribution in [2.75, 3.05) is 0 Å². The van der Waals surface area contributed by atoms with Crippen LogP contribution in [0.4, 0.5) is 0 Å². The summed E-state index contributed by atoms with van der Waals surface area (Å²) in [6.45, 7) is 3.78. The van der Waals surface area contributed by atoms with E-state index in [1.165, 1.54) is 9.79 Å². The van der Waals surface area contributed by atoms with Gasteiger partial charge in [-0.25, -0.2) is 0 Å². The van der Waals surface area contributed by atoms with Gasteiger partial charge in [0.05, 0.1) is 0 Å². The summed E-state index contributed by atoms with van der Waals surface area (Å²) in [6, 6.07) is 14.3. The molecule has 0 bridgehead atoms. The zero-order chi connectivity index (χ0) is 12.3. The molecular formula is C14H12S3. The minimum atomic E-state index is 0.954. The van der Waals surface area contributed by atoms with Gasteiger partial charge < -0.3 is 0 Å². The molecule has 0 nitrogen and oxygen atoms in total. The third-order valence-corrected chi connectivity index (χ3v) is 3.99. The van der Waals surface area contributed by atoms with Gasteiger partial charge in [-0.2, -0.15) is 0 Å². The first kappa shape index (κ1) is 12.7. The van der Waals surface area contributed by atoms with Crippen molar-refractivity contribution in [3.8, 4) is 0 Å². The van der Waals surface area contributed by atoms with Gasteiger partial charge in [-0.05, 0) is 48.0 Å². The van der Waals surface area contributed by atoms with Gasteiger partial charge in [-0.3, -0.25) is 0 Å². The molecule has 17 heavy (non-hydrogen) atoms. The van der Waals surface area contributed by atoms with Gasteiger partial charge in [-0.1, -0.05) is 24.4 Å². The molecular weight excluding hydrogens is 264 g/mol. The Bertz CT molecular complexity index is 530. The number of hydrogen-bond donors (Lipinski definition) is 2. The van der Waals surface area contributed by atoms with Crippen LogP contribution in [0, 0.1) is 0 Å². The fourth-order valence-electron chi connectivity index (χ4n) is 1.41. The molecule has 0 saturated carbocycles. The molecule has 0 heterocycles. The molecule has 0 amide bonds. The Morgan fingerprint density at radius 3 is 2.24 bits per heavy atom. The van der Waals surface area contributed by atoms with Crippen LogP contribution in [0.15, 0.2) is 68.6 Å². The normalized spacial score (nSPS) is 10.2. The topological polar surface area (TPSA) is 0 Å². The molecule has 0 aliphatic carbocycles. The molecule has 0 aliphatic heterocycles. The third-order valence-electron chi connectivity index (χ3n) is 2.29. The zero-order valence-electron chi connectivity index (χ0n) is 9.13. The minimum Gasteiger partial charge on any atom is -0.143 e. The molecule has 0 N–H and O–H groups in total. The largest absolute Gasteiger partial charge is 0.143 e. The lowest BCUT2D eigenvalue weighted by atomic mass is 10.2. The molecule has 0 aliphatic rings. The first-order valence-electron chi connectivity index (χ1n) is 5.11. The smallest absolute Gasteiger partial charge is 0.0129 e. The highest BCUT2D eigenvalue weighted by Gasteiger charge is 2.00. The summed E-state index contributed by atoms with van der Waals surface area (Å²) >= 11 is 10.4. The third kappa shape index (κ3) is 3.35. The number of rotatable bonds is 3. The number of hydrogen-bond acceptors (Lipinski definition) is 3. The van der Waals surface area contributed by atoms with Crippen molar-refractivity contribution in [1.29, 1.82) is 0 Å². The highest BCUT2D eigenvalue weighted by molar-refractivity contribution is 7.99. The Balaban J connectivity index is 2.24. The average Bonchev–Trinajstić information content (AvgIpc) is 2.34. The highest BCUT2D eigenvalue weighted by Crippen LogP contribution is 2.30. The van der Waals surface area contributed by atoms with Crippen molar-refractivity contribution in [1.82, 2.24) is 0 Å². The Kier molecular flexibility index (Phi) is 4.26. The van der Waals surface area contributed by atoms with Gasteiger partial charge in [0.15, 0.2) is 0 Å². The lowest BCUT2D eigenvalue weighted by Gasteiger charge is -2.05. The predicted molar refractivity (Wildman–Crippen MR) is 81.6 cm³/mol. The van der Waals surface area contributed by atoms with Crippen LogP contribution in [0.3, 0.4) is 0 Å². The molecule has 2 rings (SSSR count). The summed E-state index contributed by atoms with van der Waals surface area (Å²) in [5.74, 6) is 0. The van der Waals surface area contributed by atoms with Crippen LogP contribution in [0.25, 0.3) is 6.08 Å². The predicted octanol–water partition coefficient (Wildman–Crippen LogP) is 5.06. The zero-order valence-corrected chi connectivity index (χ0v) is 11.7. The van der Waals surface area contributed by atoms with Gasteiger partial charge in [0, 0.05) is 19.6 Å². The Labute approximate surface area is 117 Å². The maximum atomic E-state index is 4.37. The van der Waals surface area contributed by atoms with E-state index in [4.69, 9.17) is 0 Å². The van der Waals surface area contributed by atoms with Crippen molar-refractivity contribution >= 4 is 43.1 Å². The SMILES string of the molecule is C=Cc1cc(Sc2ccc(S)cc2)ccc1S. The van der Waals surface area contributed by atoms with E-state index in [-0.39, 0.29) is 0 Å². The second-order valence-electron chi connectivity index (χ2n) is 3.52. The van der Waals surface area contributed by atoms with Gasteiger partial charge in [0.2, 0.25) is 0 Å². The van der Waals surface area contributed by atoms with Gasteiger partial charge in [0.25, 0.3) is 0 Å². The molecule has 0 radical (unpaired) electrons. The second kappa shape index (κ2) is 5.71. The van der Waals surface area contributed by atoms with Gasteiger partial charge in [0.1, 0.15) is 0 Å². The second-order valence-corrected chi connectivity index (χ2v) is 5.67. The quantitative estimate of drug-likeness (QED) is 0.739. The van der Waals surface area contributed by atoms with E-state index in [0.29, 0.717) is 0 Å². The molecule has 0 unspecified atom stereocenters. The summed E-state index contributed by atoms with van der Waals surface area (Å²) < 4.78 is 0. The molecule has 3 heteroatoms. The van der Waals surface area contributed by atoms with Crippen LogP contribution < -0.4 is 0 Å². The Morgan fingerprint density at radius 2 is 1.59 bits per heavy atom. The van der Waals surface area contributed by atoms with Gasteiger partial charge >= 0.3 is 0 Å². The van der Waals surface area contributed by atoms with E-state index in [1.807, 2.05) is 24.3 Å². The molecule has 2 aromatic carbocycles. The summed E-state index contributed by atoms with van der Waals surface area (Å²) in [6.07, 6.45) is 1.82. The van der Waals surface area contributed by atoms with E-state index in [2.05, 4.69) is 56.1 Å². The van der Waals surface area contributed by atoms with Crippen LogP contribution >= 0.6 is 37.0 Å². The molecule has 0 fully saturated rings. The van der Waals surface area contributed by atoms with Gasteiger partial charge in [-0.15, -0.1) is 25.3 Å². The van der Waals surface area contributed by atoms with Crippen LogP contribution in [0.5, 0.6) is 0 Å². The Hall–Kier alpha value is -0.770. The van der Waals surface area contributed by atoms with E-state index >= 15 is 0 Å². The maximum Gasteiger partial charge on any atom is 0.0129 e. The minimum absolute atomic E-state index is 0.954. The van der Waals surface area contributed by atoms with Crippen LogP contribution in [-0.4, -0.2) is 0 Å². The van der Waals surface area contributed by atoms with E-state index in [0.717, 1.165) is 15.4 Å². The molecule has 0 atom stereocenters. The maximum absolute atomic E-state index is 4.37. The molecule has 86 valence electrons. The molecule has 0 spiro atoms. The number of benzene rings is 2. The number of thiol groups is 2. The lowest BCUT2D eigenvalue weighted by molar-refractivity contribution is 1.31. The standard InChI is InChI=1S/C14H12S3/c1-2-10-9-13(7-8-14(10)16)17-12-5-3-11(15)4-6-12/h2-9,15-16H,1H2. The average molecular weight is 276 g/mol. The summed E-state index contributed by atoms with van der Waals surface area (Å²) in [5, 5.41) is 0. The van der Waals surface area contributed by atoms with Crippen molar-refractivity contribution < 1.29 is 0 Å². The van der Waals surface area contributed by atoms with Crippen molar-refractivity contribution in [2.24, 2.45) is 0 Å². The molecule has 0 aromatic heterocycles. The lowest BCUT2D eigenvalue weighted by Crippen LogP contribution is -1.79. The van der Waals surface area contributed by atoms with E-state index in [9.17, 15) is 0 Å². The van der Waals surface area contributed by atoms with E-state index < -0.39 is 0 Å². The summed E-state index contributed by atoms with van der Waals surface area (Å²) in [7, 11) is 0. The monoisotopic (exact) mass is 276 g/mol. The van der Waals surface area contributed by atoms with Crippen LogP contribution in [0.1, 0.15) is 5.56 Å². The molecule has 2 aromatic rings. The summed E-state index contributed by atoms with van der Waals surface area (Å²) in [4.78, 5) is 4.32. The van der Waals surface area contributed by atoms with E-state index in [1.54, 1.807) is 11.8 Å². The highest BCUT2D eigenvalue weighted by atomic mass is 32.2. The first-order valence-corrected chi connectivity index (χ1v) is 6.82. The van der Waals surface area contributed by atoms with Crippen molar-refractivity contribution in [2.45, 2.75) is 19.6 Å². The Morgan fingerprint density at radius 1 is 0.941 bits per heavy atom. The fraction of sp³-hybridized carbons (Fsp3) is 0. The van der Waals surface area contributed by atoms with Crippen LogP contribution in [0.2, 0.25) is 0 Å². The first-order chi connectivity index (χ1) is 8.19. The van der Waals surface area contributed by atoms with Crippen molar-refractivity contribution in [3.63, 3.8) is 0 Å².